The summed E-state index contributed by atoms with van der Waals surface area (Å²) in [6.45, 7) is 1.09. The lowest BCUT2D eigenvalue weighted by Crippen LogP contribution is -2.25. The third-order valence-electron chi connectivity index (χ3n) is 3.81. The van der Waals surface area contributed by atoms with Crippen LogP contribution in [-0.2, 0) is 20.4 Å². The zero-order chi connectivity index (χ0) is 16.4. The summed E-state index contributed by atoms with van der Waals surface area (Å²) >= 11 is 0. The van der Waals surface area contributed by atoms with Crippen molar-refractivity contribution in [1.29, 1.82) is 0 Å². The summed E-state index contributed by atoms with van der Waals surface area (Å²) in [4.78, 5) is 17.7. The Labute approximate surface area is 139 Å². The van der Waals surface area contributed by atoms with Gasteiger partial charge in [-0.25, -0.2) is 13.4 Å². The molecule has 1 aromatic heterocycles. The second kappa shape index (κ2) is 6.33. The molecule has 2 aromatic rings. The first-order valence-corrected chi connectivity index (χ1v) is 9.66. The predicted molar refractivity (Wildman–Crippen MR) is 87.9 cm³/mol. The smallest absolute Gasteiger partial charge is 0.232 e. The van der Waals surface area contributed by atoms with Gasteiger partial charge in [0.2, 0.25) is 15.0 Å². The van der Waals surface area contributed by atoms with Crippen LogP contribution in [0.5, 0.6) is 0 Å². The molecule has 0 N–H and O–H groups in total. The third-order valence-corrected chi connectivity index (χ3v) is 5.06. The molecule has 23 heavy (non-hydrogen) atoms. The van der Waals surface area contributed by atoms with E-state index in [1.807, 2.05) is 35.0 Å². The number of nitrogens with zero attached hydrogens (tertiary/aromatic N) is 3. The van der Waals surface area contributed by atoms with Crippen LogP contribution in [0.25, 0.3) is 0 Å². The molecule has 122 valence electrons. The van der Waals surface area contributed by atoms with Crippen LogP contribution in [-0.4, -0.2) is 36.2 Å². The number of halogens is 1. The summed E-state index contributed by atoms with van der Waals surface area (Å²) in [6, 6.07) is 7.66. The highest BCUT2D eigenvalue weighted by atomic mass is 35.7. The fourth-order valence-corrected chi connectivity index (χ4v) is 4.12. The molecule has 0 spiro atoms. The van der Waals surface area contributed by atoms with Gasteiger partial charge in [-0.3, -0.25) is 4.79 Å². The molecule has 1 aromatic carbocycles. The Morgan fingerprint density at radius 2 is 2.00 bits per heavy atom. The highest BCUT2D eigenvalue weighted by Gasteiger charge is 2.33. The Morgan fingerprint density at radius 3 is 2.61 bits per heavy atom. The number of imidazole rings is 1. The molecule has 8 heteroatoms. The zero-order valence-corrected chi connectivity index (χ0v) is 13.9. The highest BCUT2D eigenvalue weighted by molar-refractivity contribution is 8.13. The Hall–Kier alpha value is -1.86. The fourth-order valence-electron chi connectivity index (χ4n) is 2.80. The van der Waals surface area contributed by atoms with Gasteiger partial charge < -0.3 is 9.47 Å². The maximum Gasteiger partial charge on any atom is 0.232 e. The number of carbonyl (C=O) groups excluding carboxylic acids is 1. The summed E-state index contributed by atoms with van der Waals surface area (Å²) in [5.41, 5.74) is 1.87. The minimum absolute atomic E-state index is 0.0716. The van der Waals surface area contributed by atoms with E-state index >= 15 is 0 Å². The van der Waals surface area contributed by atoms with Crippen molar-refractivity contribution in [2.45, 2.75) is 13.0 Å². The van der Waals surface area contributed by atoms with Gasteiger partial charge in [-0.1, -0.05) is 12.1 Å². The van der Waals surface area contributed by atoms with Crippen LogP contribution in [0.1, 0.15) is 12.0 Å². The van der Waals surface area contributed by atoms with Gasteiger partial charge in [0.25, 0.3) is 0 Å². The number of rotatable bonds is 5. The van der Waals surface area contributed by atoms with E-state index in [0.29, 0.717) is 13.1 Å². The Morgan fingerprint density at radius 1 is 1.26 bits per heavy atom. The molecule has 3 rings (SSSR count). The average molecular weight is 354 g/mol. The monoisotopic (exact) mass is 353 g/mol. The van der Waals surface area contributed by atoms with Crippen molar-refractivity contribution in [3.63, 3.8) is 0 Å². The Kier molecular flexibility index (Phi) is 4.41. The predicted octanol–water partition coefficient (Wildman–Crippen LogP) is 1.85. The summed E-state index contributed by atoms with van der Waals surface area (Å²) in [5.74, 6) is -0.497. The van der Waals surface area contributed by atoms with E-state index in [-0.39, 0.29) is 24.0 Å². The molecular weight excluding hydrogens is 338 g/mol. The van der Waals surface area contributed by atoms with Crippen molar-refractivity contribution < 1.29 is 13.2 Å². The van der Waals surface area contributed by atoms with Gasteiger partial charge in [-0.05, 0) is 17.7 Å². The van der Waals surface area contributed by atoms with Crippen LogP contribution in [0.4, 0.5) is 5.69 Å². The average Bonchev–Trinajstić information content (AvgIpc) is 3.08. The summed E-state index contributed by atoms with van der Waals surface area (Å²) in [5, 5.41) is 0. The van der Waals surface area contributed by atoms with Crippen LogP contribution < -0.4 is 4.90 Å². The van der Waals surface area contributed by atoms with E-state index < -0.39 is 9.05 Å². The standard InChI is InChI=1S/C15H16ClN3O3S/c16-23(21,22)10-13-7-15(20)19(9-13)14-3-1-12(2-4-14)8-18-6-5-17-11-18/h1-6,11,13H,7-10H2. The van der Waals surface area contributed by atoms with Crippen LogP contribution in [0.3, 0.4) is 0 Å². The van der Waals surface area contributed by atoms with Crippen molar-refractivity contribution in [3.8, 4) is 0 Å². The lowest BCUT2D eigenvalue weighted by molar-refractivity contribution is -0.117. The highest BCUT2D eigenvalue weighted by Crippen LogP contribution is 2.27. The normalized spacial score (nSPS) is 18.6. The van der Waals surface area contributed by atoms with Crippen molar-refractivity contribution in [1.82, 2.24) is 9.55 Å². The number of benzene rings is 1. The van der Waals surface area contributed by atoms with Crippen LogP contribution in [0.2, 0.25) is 0 Å². The molecule has 0 bridgehead atoms. The van der Waals surface area contributed by atoms with Crippen LogP contribution in [0, 0.1) is 5.92 Å². The minimum Gasteiger partial charge on any atom is -0.333 e. The zero-order valence-electron chi connectivity index (χ0n) is 12.3. The van der Waals surface area contributed by atoms with Gasteiger partial charge in [0.05, 0.1) is 12.1 Å². The molecule has 1 aliphatic heterocycles. The van der Waals surface area contributed by atoms with E-state index in [0.717, 1.165) is 11.3 Å². The SMILES string of the molecule is O=C1CC(CS(=O)(=O)Cl)CN1c1ccc(Cn2ccnc2)cc1. The molecule has 1 saturated heterocycles. The molecule has 1 unspecified atom stereocenters. The lowest BCUT2D eigenvalue weighted by Gasteiger charge is -2.17. The van der Waals surface area contributed by atoms with Crippen molar-refractivity contribution in [2.24, 2.45) is 5.92 Å². The molecule has 6 nitrogen and oxygen atoms in total. The van der Waals surface area contributed by atoms with E-state index in [2.05, 4.69) is 4.98 Å². The number of amides is 1. The number of hydrogen-bond acceptors (Lipinski definition) is 4. The van der Waals surface area contributed by atoms with Crippen molar-refractivity contribution in [2.75, 3.05) is 17.2 Å². The number of aromatic nitrogens is 2. The number of hydrogen-bond donors (Lipinski definition) is 0. The van der Waals surface area contributed by atoms with Gasteiger partial charge in [0.15, 0.2) is 0 Å². The van der Waals surface area contributed by atoms with E-state index in [9.17, 15) is 13.2 Å². The molecular formula is C15H16ClN3O3S. The molecule has 1 amide bonds. The second-order valence-electron chi connectivity index (χ2n) is 5.68. The lowest BCUT2D eigenvalue weighted by atomic mass is 10.1. The van der Waals surface area contributed by atoms with Crippen molar-refractivity contribution in [3.05, 3.63) is 48.5 Å². The first kappa shape index (κ1) is 16.0. The van der Waals surface area contributed by atoms with E-state index in [1.165, 1.54) is 0 Å². The largest absolute Gasteiger partial charge is 0.333 e. The van der Waals surface area contributed by atoms with Gasteiger partial charge in [0.1, 0.15) is 0 Å². The van der Waals surface area contributed by atoms with E-state index in [4.69, 9.17) is 10.7 Å². The maximum absolute atomic E-state index is 12.1. The molecule has 0 saturated carbocycles. The summed E-state index contributed by atoms with van der Waals surface area (Å²) < 4.78 is 24.3. The Balaban J connectivity index is 1.68. The Bertz CT molecular complexity index is 788. The van der Waals surface area contributed by atoms with Crippen molar-refractivity contribution >= 4 is 31.3 Å². The summed E-state index contributed by atoms with van der Waals surface area (Å²) in [6.07, 6.45) is 5.56. The molecule has 2 heterocycles. The second-order valence-corrected chi connectivity index (χ2v) is 8.50. The first-order chi connectivity index (χ1) is 10.9. The first-order valence-electron chi connectivity index (χ1n) is 7.18. The topological polar surface area (TPSA) is 72.3 Å². The summed E-state index contributed by atoms with van der Waals surface area (Å²) in [7, 11) is 1.69. The van der Waals surface area contributed by atoms with Gasteiger partial charge >= 0.3 is 0 Å². The molecule has 1 fully saturated rings. The quantitative estimate of drug-likeness (QED) is 0.769. The van der Waals surface area contributed by atoms with Gasteiger partial charge in [0, 0.05) is 54.2 Å². The fraction of sp³-hybridized carbons (Fsp3) is 0.333. The molecule has 1 aliphatic rings. The minimum atomic E-state index is -3.59. The van der Waals surface area contributed by atoms with Gasteiger partial charge in [-0.15, -0.1) is 0 Å². The molecule has 0 aliphatic carbocycles. The van der Waals surface area contributed by atoms with E-state index in [1.54, 1.807) is 17.4 Å². The van der Waals surface area contributed by atoms with Crippen LogP contribution in [0.15, 0.2) is 43.0 Å². The number of carbonyl (C=O) groups is 1. The molecule has 1 atom stereocenters. The number of anilines is 1. The third kappa shape index (κ3) is 4.11. The van der Waals surface area contributed by atoms with Gasteiger partial charge in [-0.2, -0.15) is 0 Å². The van der Waals surface area contributed by atoms with Crippen LogP contribution >= 0.6 is 10.7 Å². The molecule has 0 radical (unpaired) electrons. The maximum atomic E-state index is 12.1.